The molecule has 0 saturated heterocycles. The molecule has 2 N–H and O–H groups in total. The normalized spacial score (nSPS) is 12.3. The molecule has 0 aromatic heterocycles. The van der Waals surface area contributed by atoms with Crippen LogP contribution in [0.2, 0.25) is 0 Å². The monoisotopic (exact) mass is 238 g/mol. The van der Waals surface area contributed by atoms with Crippen LogP contribution >= 0.6 is 0 Å². The fourth-order valence-electron chi connectivity index (χ4n) is 1.27. The molecule has 0 rings (SSSR count). The Kier molecular flexibility index (Phi) is 7.95. The lowest BCUT2D eigenvalue weighted by Gasteiger charge is -2.17. The quantitative estimate of drug-likeness (QED) is 0.538. The predicted octanol–water partition coefficient (Wildman–Crippen LogP) is -0.370. The van der Waals surface area contributed by atoms with Gasteiger partial charge in [0.1, 0.15) is 0 Å². The fraction of sp³-hybridized carbons (Fsp3) is 1.00. The number of hydrogen-bond donors (Lipinski definition) is 2. The standard InChI is InChI=1S/C9H22N2O3S/c1-3-11(15(2,13)14)8-4-6-10-7-5-9-12/h10,12H,3-9H2,1-2H3. The molecule has 0 aliphatic rings. The number of sulfonamides is 1. The number of nitrogens with zero attached hydrogens (tertiary/aromatic N) is 1. The molecule has 0 fully saturated rings. The molecule has 0 spiro atoms. The van der Waals surface area contributed by atoms with Crippen molar-refractivity contribution in [2.45, 2.75) is 19.8 Å². The van der Waals surface area contributed by atoms with E-state index in [0.29, 0.717) is 13.1 Å². The Hall–Kier alpha value is -0.170. The van der Waals surface area contributed by atoms with Crippen molar-refractivity contribution in [3.05, 3.63) is 0 Å². The van der Waals surface area contributed by atoms with Crippen LogP contribution in [0, 0.1) is 0 Å². The first-order valence-corrected chi connectivity index (χ1v) is 7.14. The van der Waals surface area contributed by atoms with Gasteiger partial charge in [-0.25, -0.2) is 12.7 Å². The maximum absolute atomic E-state index is 11.2. The van der Waals surface area contributed by atoms with Crippen LogP contribution in [0.1, 0.15) is 19.8 Å². The minimum atomic E-state index is -3.05. The van der Waals surface area contributed by atoms with E-state index in [-0.39, 0.29) is 6.61 Å². The summed E-state index contributed by atoms with van der Waals surface area (Å²) in [6, 6.07) is 0. The molecule has 0 aliphatic heterocycles. The highest BCUT2D eigenvalue weighted by molar-refractivity contribution is 7.88. The highest BCUT2D eigenvalue weighted by atomic mass is 32.2. The summed E-state index contributed by atoms with van der Waals surface area (Å²) in [5.74, 6) is 0. The van der Waals surface area contributed by atoms with Crippen molar-refractivity contribution in [1.82, 2.24) is 9.62 Å². The van der Waals surface area contributed by atoms with Crippen molar-refractivity contribution in [2.24, 2.45) is 0 Å². The molecular weight excluding hydrogens is 216 g/mol. The van der Waals surface area contributed by atoms with Crippen LogP contribution in [-0.2, 0) is 10.0 Å². The van der Waals surface area contributed by atoms with Crippen molar-refractivity contribution in [2.75, 3.05) is 39.0 Å². The Balaban J connectivity index is 3.57. The van der Waals surface area contributed by atoms with Gasteiger partial charge in [-0.1, -0.05) is 6.92 Å². The highest BCUT2D eigenvalue weighted by Gasteiger charge is 2.12. The first-order chi connectivity index (χ1) is 7.02. The molecule has 5 nitrogen and oxygen atoms in total. The van der Waals surface area contributed by atoms with E-state index in [9.17, 15) is 8.42 Å². The lowest BCUT2D eigenvalue weighted by atomic mass is 10.4. The van der Waals surface area contributed by atoms with Crippen LogP contribution in [0.25, 0.3) is 0 Å². The van der Waals surface area contributed by atoms with Crippen LogP contribution in [0.5, 0.6) is 0 Å². The van der Waals surface area contributed by atoms with Crippen molar-refractivity contribution >= 4 is 10.0 Å². The van der Waals surface area contributed by atoms with Gasteiger partial charge in [0, 0.05) is 19.7 Å². The number of rotatable bonds is 9. The van der Waals surface area contributed by atoms with Crippen LogP contribution in [0.3, 0.4) is 0 Å². The third-order valence-corrected chi connectivity index (χ3v) is 3.47. The molecular formula is C9H22N2O3S. The molecule has 0 aliphatic carbocycles. The average molecular weight is 238 g/mol. The SMILES string of the molecule is CCN(CCCNCCCO)S(C)(=O)=O. The summed E-state index contributed by atoms with van der Waals surface area (Å²) in [6.07, 6.45) is 2.77. The molecule has 6 heteroatoms. The summed E-state index contributed by atoms with van der Waals surface area (Å²) < 4.78 is 23.9. The summed E-state index contributed by atoms with van der Waals surface area (Å²) in [7, 11) is -3.05. The van der Waals surface area contributed by atoms with Gasteiger partial charge >= 0.3 is 0 Å². The van der Waals surface area contributed by atoms with Crippen molar-refractivity contribution in [1.29, 1.82) is 0 Å². The number of hydrogen-bond acceptors (Lipinski definition) is 4. The first-order valence-electron chi connectivity index (χ1n) is 5.29. The minimum absolute atomic E-state index is 0.192. The first kappa shape index (κ1) is 14.8. The minimum Gasteiger partial charge on any atom is -0.396 e. The zero-order valence-electron chi connectivity index (χ0n) is 9.57. The number of aliphatic hydroxyl groups is 1. The van der Waals surface area contributed by atoms with Gasteiger partial charge in [-0.3, -0.25) is 0 Å². The van der Waals surface area contributed by atoms with Gasteiger partial charge in [0.05, 0.1) is 6.26 Å². The number of aliphatic hydroxyl groups excluding tert-OH is 1. The fourth-order valence-corrected chi connectivity index (χ4v) is 2.20. The van der Waals surface area contributed by atoms with E-state index in [2.05, 4.69) is 5.32 Å². The summed E-state index contributed by atoms with van der Waals surface area (Å²) in [5, 5.41) is 11.7. The molecule has 0 bridgehead atoms. The van der Waals surface area contributed by atoms with E-state index in [4.69, 9.17) is 5.11 Å². The molecule has 15 heavy (non-hydrogen) atoms. The Labute approximate surface area is 92.5 Å². The van der Waals surface area contributed by atoms with Gasteiger partial charge in [0.2, 0.25) is 10.0 Å². The van der Waals surface area contributed by atoms with E-state index in [1.807, 2.05) is 6.92 Å². The van der Waals surface area contributed by atoms with Gasteiger partial charge in [-0.05, 0) is 25.9 Å². The lowest BCUT2D eigenvalue weighted by molar-refractivity contribution is 0.286. The van der Waals surface area contributed by atoms with Gasteiger partial charge in [0.25, 0.3) is 0 Å². The molecule has 0 saturated carbocycles. The zero-order chi connectivity index (χ0) is 11.7. The maximum Gasteiger partial charge on any atom is 0.211 e. The Bertz CT molecular complexity index is 242. The van der Waals surface area contributed by atoms with Gasteiger partial charge < -0.3 is 10.4 Å². The average Bonchev–Trinajstić information content (AvgIpc) is 2.15. The lowest BCUT2D eigenvalue weighted by Crippen LogP contribution is -2.32. The predicted molar refractivity (Wildman–Crippen MR) is 61.3 cm³/mol. The molecule has 92 valence electrons. The molecule has 0 unspecified atom stereocenters. The summed E-state index contributed by atoms with van der Waals surface area (Å²) in [4.78, 5) is 0. The zero-order valence-corrected chi connectivity index (χ0v) is 10.4. The van der Waals surface area contributed by atoms with Crippen LogP contribution in [0.4, 0.5) is 0 Å². The Morgan fingerprint density at radius 3 is 2.33 bits per heavy atom. The van der Waals surface area contributed by atoms with Crippen LogP contribution < -0.4 is 5.32 Å². The van der Waals surface area contributed by atoms with Gasteiger partial charge in [0.15, 0.2) is 0 Å². The van der Waals surface area contributed by atoms with E-state index < -0.39 is 10.0 Å². The van der Waals surface area contributed by atoms with Crippen molar-refractivity contribution in [3.8, 4) is 0 Å². The van der Waals surface area contributed by atoms with E-state index in [0.717, 1.165) is 25.9 Å². The smallest absolute Gasteiger partial charge is 0.211 e. The highest BCUT2D eigenvalue weighted by Crippen LogP contribution is 1.97. The molecule has 0 amide bonds. The molecule has 0 heterocycles. The second-order valence-corrected chi connectivity index (χ2v) is 5.42. The summed E-state index contributed by atoms with van der Waals surface area (Å²) in [5.41, 5.74) is 0. The second-order valence-electron chi connectivity index (χ2n) is 3.44. The van der Waals surface area contributed by atoms with Crippen LogP contribution in [0.15, 0.2) is 0 Å². The third-order valence-electron chi connectivity index (χ3n) is 2.09. The second kappa shape index (κ2) is 8.04. The van der Waals surface area contributed by atoms with Crippen molar-refractivity contribution < 1.29 is 13.5 Å². The Morgan fingerprint density at radius 2 is 1.87 bits per heavy atom. The topological polar surface area (TPSA) is 69.6 Å². The summed E-state index contributed by atoms with van der Waals surface area (Å²) >= 11 is 0. The molecule has 0 atom stereocenters. The largest absolute Gasteiger partial charge is 0.396 e. The molecule has 0 radical (unpaired) electrons. The van der Waals surface area contributed by atoms with Gasteiger partial charge in [-0.2, -0.15) is 0 Å². The summed E-state index contributed by atoms with van der Waals surface area (Å²) in [6.45, 7) is 4.67. The van der Waals surface area contributed by atoms with E-state index in [1.165, 1.54) is 10.6 Å². The van der Waals surface area contributed by atoms with Crippen molar-refractivity contribution in [3.63, 3.8) is 0 Å². The number of nitrogens with one attached hydrogen (secondary N) is 1. The van der Waals surface area contributed by atoms with Crippen LogP contribution in [-0.4, -0.2) is 56.9 Å². The third kappa shape index (κ3) is 7.72. The van der Waals surface area contributed by atoms with E-state index in [1.54, 1.807) is 0 Å². The molecule has 0 aromatic carbocycles. The Morgan fingerprint density at radius 1 is 1.27 bits per heavy atom. The molecule has 0 aromatic rings. The van der Waals surface area contributed by atoms with E-state index >= 15 is 0 Å². The maximum atomic E-state index is 11.2. The van der Waals surface area contributed by atoms with Gasteiger partial charge in [-0.15, -0.1) is 0 Å².